The van der Waals surface area contributed by atoms with Gasteiger partial charge in [0, 0.05) is 5.56 Å². The summed E-state index contributed by atoms with van der Waals surface area (Å²) in [6.07, 6.45) is 0. The van der Waals surface area contributed by atoms with Gasteiger partial charge in [-0.3, -0.25) is 9.36 Å². The monoisotopic (exact) mass is 286 g/mol. The van der Waals surface area contributed by atoms with E-state index in [1.165, 1.54) is 10.6 Å². The Morgan fingerprint density at radius 1 is 1.15 bits per heavy atom. The van der Waals surface area contributed by atoms with Crippen LogP contribution in [0.4, 0.5) is 4.39 Å². The molecule has 0 aliphatic rings. The summed E-state index contributed by atoms with van der Waals surface area (Å²) in [5.74, 6) is -0.364. The van der Waals surface area contributed by atoms with Gasteiger partial charge in [-0.15, -0.1) is 0 Å². The van der Waals surface area contributed by atoms with E-state index in [9.17, 15) is 9.18 Å². The predicted octanol–water partition coefficient (Wildman–Crippen LogP) is 3.50. The minimum Gasteiger partial charge on any atom is -0.331 e. The van der Waals surface area contributed by atoms with E-state index in [1.54, 1.807) is 37.3 Å². The average Bonchev–Trinajstić information content (AvgIpc) is 2.43. The lowest BCUT2D eigenvalue weighted by Gasteiger charge is -2.11. The minimum absolute atomic E-state index is 0.252. The fourth-order valence-corrected chi connectivity index (χ4v) is 2.51. The van der Waals surface area contributed by atoms with E-state index in [2.05, 4.69) is 4.98 Å². The topological polar surface area (TPSA) is 37.8 Å². The fraction of sp³-hybridized carbons (Fsp3) is 0.0667. The van der Waals surface area contributed by atoms with Crippen molar-refractivity contribution in [3.05, 3.63) is 69.0 Å². The summed E-state index contributed by atoms with van der Waals surface area (Å²) in [5.41, 5.74) is 1.28. The molecule has 0 saturated carbocycles. The van der Waals surface area contributed by atoms with Crippen molar-refractivity contribution in [1.29, 1.82) is 0 Å². The lowest BCUT2D eigenvalue weighted by Crippen LogP contribution is -2.21. The number of para-hydroxylation sites is 1. The van der Waals surface area contributed by atoms with Crippen molar-refractivity contribution < 1.29 is 4.39 Å². The number of hydrogen-bond acceptors (Lipinski definition) is 2. The molecule has 2 aromatic carbocycles. The molecule has 0 aliphatic heterocycles. The van der Waals surface area contributed by atoms with Gasteiger partial charge in [0.15, 0.2) is 4.77 Å². The highest BCUT2D eigenvalue weighted by molar-refractivity contribution is 7.71. The molecule has 0 aliphatic carbocycles. The third-order valence-electron chi connectivity index (χ3n) is 3.29. The molecule has 0 amide bonds. The second-order valence-corrected chi connectivity index (χ2v) is 4.89. The SMILES string of the molecule is Cc1c(F)cccc1-n1c(=S)[nH]c2ccccc2c1=O. The minimum atomic E-state index is -0.364. The quantitative estimate of drug-likeness (QED) is 0.695. The van der Waals surface area contributed by atoms with Crippen molar-refractivity contribution in [2.45, 2.75) is 6.92 Å². The zero-order chi connectivity index (χ0) is 14.3. The molecule has 3 aromatic rings. The Morgan fingerprint density at radius 3 is 2.70 bits per heavy atom. The van der Waals surface area contributed by atoms with Crippen LogP contribution in [0.2, 0.25) is 0 Å². The van der Waals surface area contributed by atoms with Crippen LogP contribution in [0.3, 0.4) is 0 Å². The van der Waals surface area contributed by atoms with Gasteiger partial charge < -0.3 is 4.98 Å². The summed E-state index contributed by atoms with van der Waals surface area (Å²) < 4.78 is 15.3. The van der Waals surface area contributed by atoms with Crippen LogP contribution in [0.15, 0.2) is 47.3 Å². The lowest BCUT2D eigenvalue weighted by molar-refractivity contribution is 0.616. The zero-order valence-electron chi connectivity index (χ0n) is 10.7. The Morgan fingerprint density at radius 2 is 1.90 bits per heavy atom. The molecule has 0 saturated heterocycles. The highest BCUT2D eigenvalue weighted by Crippen LogP contribution is 2.17. The smallest absolute Gasteiger partial charge is 0.266 e. The van der Waals surface area contributed by atoms with Crippen molar-refractivity contribution in [2.75, 3.05) is 0 Å². The third-order valence-corrected chi connectivity index (χ3v) is 3.57. The summed E-state index contributed by atoms with van der Waals surface area (Å²) >= 11 is 5.24. The maximum absolute atomic E-state index is 13.7. The number of fused-ring (bicyclic) bond motifs is 1. The number of nitrogens with zero attached hydrogens (tertiary/aromatic N) is 1. The van der Waals surface area contributed by atoms with Crippen molar-refractivity contribution in [3.8, 4) is 5.69 Å². The normalized spacial score (nSPS) is 10.9. The summed E-state index contributed by atoms with van der Waals surface area (Å²) in [6, 6.07) is 11.7. The Bertz CT molecular complexity index is 927. The first-order valence-electron chi connectivity index (χ1n) is 6.09. The van der Waals surface area contributed by atoms with Crippen LogP contribution >= 0.6 is 12.2 Å². The van der Waals surface area contributed by atoms with Crippen molar-refractivity contribution in [3.63, 3.8) is 0 Å². The van der Waals surface area contributed by atoms with E-state index in [1.807, 2.05) is 6.07 Å². The number of hydrogen-bond donors (Lipinski definition) is 1. The maximum atomic E-state index is 13.7. The lowest BCUT2D eigenvalue weighted by atomic mass is 10.2. The number of aromatic nitrogens is 2. The van der Waals surface area contributed by atoms with E-state index >= 15 is 0 Å². The molecule has 0 bridgehead atoms. The van der Waals surface area contributed by atoms with Crippen molar-refractivity contribution in [1.82, 2.24) is 9.55 Å². The van der Waals surface area contributed by atoms with Gasteiger partial charge in [0.2, 0.25) is 0 Å². The van der Waals surface area contributed by atoms with Crippen molar-refractivity contribution >= 4 is 23.1 Å². The van der Waals surface area contributed by atoms with Crippen LogP contribution in [0, 0.1) is 17.5 Å². The standard InChI is InChI=1S/C15H11FN2OS/c1-9-11(16)6-4-8-13(9)18-14(19)10-5-2-3-7-12(10)17-15(18)20/h2-8H,1H3,(H,17,20). The average molecular weight is 286 g/mol. The molecule has 0 fully saturated rings. The summed E-state index contributed by atoms with van der Waals surface area (Å²) in [4.78, 5) is 15.6. The second kappa shape index (κ2) is 4.68. The van der Waals surface area contributed by atoms with E-state index in [0.29, 0.717) is 22.2 Å². The van der Waals surface area contributed by atoms with Gasteiger partial charge >= 0.3 is 0 Å². The highest BCUT2D eigenvalue weighted by atomic mass is 32.1. The zero-order valence-corrected chi connectivity index (χ0v) is 11.5. The molecule has 20 heavy (non-hydrogen) atoms. The van der Waals surface area contributed by atoms with Crippen LogP contribution in [0.5, 0.6) is 0 Å². The van der Waals surface area contributed by atoms with Crippen LogP contribution in [0.25, 0.3) is 16.6 Å². The molecule has 5 heteroatoms. The Labute approximate surface area is 119 Å². The fourth-order valence-electron chi connectivity index (χ4n) is 2.22. The number of nitrogens with one attached hydrogen (secondary N) is 1. The van der Waals surface area contributed by atoms with Gasteiger partial charge in [-0.1, -0.05) is 18.2 Å². The number of aromatic amines is 1. The molecular weight excluding hydrogens is 275 g/mol. The third kappa shape index (κ3) is 1.87. The molecular formula is C15H11FN2OS. The predicted molar refractivity (Wildman–Crippen MR) is 79.4 cm³/mol. The first kappa shape index (κ1) is 12.7. The Balaban J connectivity index is 2.46. The largest absolute Gasteiger partial charge is 0.331 e. The summed E-state index contributed by atoms with van der Waals surface area (Å²) in [6.45, 7) is 1.63. The Kier molecular flexibility index (Phi) is 2.99. The molecule has 0 radical (unpaired) electrons. The van der Waals surface area contributed by atoms with E-state index in [4.69, 9.17) is 12.2 Å². The molecule has 1 N–H and O–H groups in total. The number of halogens is 1. The van der Waals surface area contributed by atoms with E-state index in [-0.39, 0.29) is 16.1 Å². The second-order valence-electron chi connectivity index (χ2n) is 4.50. The molecule has 0 spiro atoms. The first-order valence-corrected chi connectivity index (χ1v) is 6.50. The molecule has 0 atom stereocenters. The number of H-pyrrole nitrogens is 1. The van der Waals surface area contributed by atoms with Crippen LogP contribution in [-0.4, -0.2) is 9.55 Å². The van der Waals surface area contributed by atoms with E-state index < -0.39 is 0 Å². The van der Waals surface area contributed by atoms with Crippen LogP contribution < -0.4 is 5.56 Å². The van der Waals surface area contributed by atoms with Gasteiger partial charge in [-0.25, -0.2) is 4.39 Å². The van der Waals surface area contributed by atoms with Crippen molar-refractivity contribution in [2.24, 2.45) is 0 Å². The van der Waals surface area contributed by atoms with Crippen LogP contribution in [-0.2, 0) is 0 Å². The van der Waals surface area contributed by atoms with Gasteiger partial charge in [0.05, 0.1) is 16.6 Å². The molecule has 1 aromatic heterocycles. The summed E-state index contributed by atoms with van der Waals surface area (Å²) in [5, 5.41) is 0.518. The van der Waals surface area contributed by atoms with Gasteiger partial charge in [0.25, 0.3) is 5.56 Å². The molecule has 3 rings (SSSR count). The van der Waals surface area contributed by atoms with Gasteiger partial charge in [-0.2, -0.15) is 0 Å². The highest BCUT2D eigenvalue weighted by Gasteiger charge is 2.11. The molecule has 3 nitrogen and oxygen atoms in total. The van der Waals surface area contributed by atoms with E-state index in [0.717, 1.165) is 0 Å². The first-order chi connectivity index (χ1) is 9.59. The summed E-state index contributed by atoms with van der Waals surface area (Å²) in [7, 11) is 0. The maximum Gasteiger partial charge on any atom is 0.266 e. The van der Waals surface area contributed by atoms with Crippen LogP contribution in [0.1, 0.15) is 5.56 Å². The number of rotatable bonds is 1. The molecule has 100 valence electrons. The Hall–Kier alpha value is -2.27. The van der Waals surface area contributed by atoms with Gasteiger partial charge in [0.1, 0.15) is 5.82 Å². The molecule has 0 unspecified atom stereocenters. The van der Waals surface area contributed by atoms with Gasteiger partial charge in [-0.05, 0) is 43.4 Å². The molecule has 1 heterocycles. The number of benzene rings is 2.